The Morgan fingerprint density at radius 3 is 2.52 bits per heavy atom. The summed E-state index contributed by atoms with van der Waals surface area (Å²) in [6, 6.07) is 20.4. The SMILES string of the molecule is COc1cc(-n2cccc2)ccc1-n1ccc(=O)c(C(C=CN)=Nc2ccccc2)n1. The fourth-order valence-corrected chi connectivity index (χ4v) is 3.14. The van der Waals surface area contributed by atoms with E-state index >= 15 is 0 Å². The molecule has 0 spiro atoms. The predicted octanol–water partition coefficient (Wildman–Crippen LogP) is 3.63. The molecule has 0 unspecified atom stereocenters. The van der Waals surface area contributed by atoms with Gasteiger partial charge >= 0.3 is 0 Å². The Balaban J connectivity index is 1.81. The van der Waals surface area contributed by atoms with Crippen molar-refractivity contribution in [2.24, 2.45) is 10.7 Å². The summed E-state index contributed by atoms with van der Waals surface area (Å²) in [6.45, 7) is 0. The lowest BCUT2D eigenvalue weighted by molar-refractivity contribution is 0.411. The van der Waals surface area contributed by atoms with Gasteiger partial charge in [0.2, 0.25) is 5.43 Å². The lowest BCUT2D eigenvalue weighted by Crippen LogP contribution is -2.20. The first-order valence-corrected chi connectivity index (χ1v) is 9.64. The van der Waals surface area contributed by atoms with Gasteiger partial charge in [-0.25, -0.2) is 9.67 Å². The molecule has 4 aromatic rings. The summed E-state index contributed by atoms with van der Waals surface area (Å²) in [5, 5.41) is 4.54. The average molecular weight is 411 g/mol. The van der Waals surface area contributed by atoms with E-state index in [0.717, 1.165) is 5.69 Å². The number of rotatable bonds is 6. The van der Waals surface area contributed by atoms with E-state index in [9.17, 15) is 4.79 Å². The van der Waals surface area contributed by atoms with E-state index < -0.39 is 0 Å². The molecule has 0 aliphatic rings. The molecule has 0 aliphatic carbocycles. The van der Waals surface area contributed by atoms with Gasteiger partial charge in [0.25, 0.3) is 0 Å². The fraction of sp³-hybridized carbons (Fsp3) is 0.0417. The summed E-state index contributed by atoms with van der Waals surface area (Å²) in [4.78, 5) is 17.2. The van der Waals surface area contributed by atoms with Gasteiger partial charge in [0, 0.05) is 36.4 Å². The van der Waals surface area contributed by atoms with Crippen molar-refractivity contribution in [3.63, 3.8) is 0 Å². The molecule has 7 nitrogen and oxygen atoms in total. The minimum Gasteiger partial charge on any atom is -0.494 e. The number of aromatic nitrogens is 3. The number of para-hydroxylation sites is 1. The highest BCUT2D eigenvalue weighted by Gasteiger charge is 2.13. The molecule has 0 bridgehead atoms. The number of nitrogens with two attached hydrogens (primary N) is 1. The molecule has 2 aromatic heterocycles. The second-order valence-electron chi connectivity index (χ2n) is 6.61. The topological polar surface area (TPSA) is 87.4 Å². The Bertz CT molecular complexity index is 1290. The Kier molecular flexibility index (Phi) is 5.75. The molecule has 0 amide bonds. The van der Waals surface area contributed by atoms with Crippen LogP contribution in [0, 0.1) is 0 Å². The van der Waals surface area contributed by atoms with Crippen molar-refractivity contribution in [1.29, 1.82) is 0 Å². The number of aliphatic imine (C=N–C) groups is 1. The molecule has 7 heteroatoms. The first-order chi connectivity index (χ1) is 15.2. The predicted molar refractivity (Wildman–Crippen MR) is 122 cm³/mol. The molecule has 0 saturated carbocycles. The van der Waals surface area contributed by atoms with Crippen molar-refractivity contribution < 1.29 is 4.74 Å². The lowest BCUT2D eigenvalue weighted by atomic mass is 10.2. The van der Waals surface area contributed by atoms with Gasteiger partial charge in [-0.15, -0.1) is 0 Å². The minimum atomic E-state index is -0.257. The Hall–Kier alpha value is -4.39. The van der Waals surface area contributed by atoms with Crippen LogP contribution in [0.5, 0.6) is 5.75 Å². The highest BCUT2D eigenvalue weighted by molar-refractivity contribution is 6.08. The van der Waals surface area contributed by atoms with Crippen LogP contribution in [-0.2, 0) is 0 Å². The smallest absolute Gasteiger partial charge is 0.209 e. The number of ether oxygens (including phenoxy) is 1. The van der Waals surface area contributed by atoms with E-state index in [0.29, 0.717) is 22.8 Å². The van der Waals surface area contributed by atoms with Gasteiger partial charge in [-0.05, 0) is 48.7 Å². The molecule has 31 heavy (non-hydrogen) atoms. The van der Waals surface area contributed by atoms with Crippen LogP contribution < -0.4 is 15.9 Å². The quantitative estimate of drug-likeness (QED) is 0.491. The summed E-state index contributed by atoms with van der Waals surface area (Å²) in [6.07, 6.45) is 8.41. The Morgan fingerprint density at radius 1 is 1.03 bits per heavy atom. The number of allylic oxidation sites excluding steroid dienone is 1. The molecule has 0 fully saturated rings. The minimum absolute atomic E-state index is 0.185. The fourth-order valence-electron chi connectivity index (χ4n) is 3.14. The van der Waals surface area contributed by atoms with Crippen molar-refractivity contribution in [3.8, 4) is 17.1 Å². The molecule has 0 atom stereocenters. The van der Waals surface area contributed by atoms with Gasteiger partial charge in [-0.2, -0.15) is 5.10 Å². The van der Waals surface area contributed by atoms with Gasteiger partial charge in [0.1, 0.15) is 11.4 Å². The number of hydrogen-bond donors (Lipinski definition) is 1. The van der Waals surface area contributed by atoms with Crippen LogP contribution >= 0.6 is 0 Å². The maximum atomic E-state index is 12.6. The number of methoxy groups -OCH3 is 1. The largest absolute Gasteiger partial charge is 0.494 e. The third-order valence-electron chi connectivity index (χ3n) is 4.62. The maximum absolute atomic E-state index is 12.6. The number of nitrogens with zero attached hydrogens (tertiary/aromatic N) is 4. The van der Waals surface area contributed by atoms with Crippen molar-refractivity contribution in [2.75, 3.05) is 7.11 Å². The Morgan fingerprint density at radius 2 is 1.81 bits per heavy atom. The Labute approximate surface area is 179 Å². The van der Waals surface area contributed by atoms with E-state index in [1.54, 1.807) is 24.1 Å². The lowest BCUT2D eigenvalue weighted by Gasteiger charge is -2.14. The highest BCUT2D eigenvalue weighted by Crippen LogP contribution is 2.25. The van der Waals surface area contributed by atoms with Crippen LogP contribution in [-0.4, -0.2) is 27.2 Å². The van der Waals surface area contributed by atoms with E-state index in [1.807, 2.05) is 77.6 Å². The van der Waals surface area contributed by atoms with Crippen LogP contribution in [0.3, 0.4) is 0 Å². The van der Waals surface area contributed by atoms with Gasteiger partial charge in [0.15, 0.2) is 5.69 Å². The van der Waals surface area contributed by atoms with Gasteiger partial charge < -0.3 is 15.0 Å². The van der Waals surface area contributed by atoms with E-state index in [1.165, 1.54) is 12.3 Å². The summed E-state index contributed by atoms with van der Waals surface area (Å²) in [5.74, 6) is 0.615. The molecule has 4 rings (SSSR count). The first kappa shape index (κ1) is 19.9. The second kappa shape index (κ2) is 8.96. The highest BCUT2D eigenvalue weighted by atomic mass is 16.5. The standard InChI is InChI=1S/C24H21N5O2/c1-31-23-17-19(28-14-5-6-15-28)9-10-21(23)29-16-12-22(30)24(27-29)20(11-13-25)26-18-7-3-2-4-8-18/h2-17H,25H2,1H3. The van der Waals surface area contributed by atoms with Gasteiger partial charge in [0.05, 0.1) is 18.5 Å². The van der Waals surface area contributed by atoms with Crippen LogP contribution in [0.4, 0.5) is 5.69 Å². The second-order valence-corrected chi connectivity index (χ2v) is 6.61. The average Bonchev–Trinajstić information content (AvgIpc) is 3.35. The third-order valence-corrected chi connectivity index (χ3v) is 4.62. The van der Waals surface area contributed by atoms with Gasteiger partial charge in [-0.1, -0.05) is 18.2 Å². The van der Waals surface area contributed by atoms with E-state index in [4.69, 9.17) is 10.5 Å². The molecular formula is C24H21N5O2. The molecule has 2 aromatic carbocycles. The van der Waals surface area contributed by atoms with Gasteiger partial charge in [-0.3, -0.25) is 4.79 Å². The molecule has 0 saturated heterocycles. The zero-order valence-corrected chi connectivity index (χ0v) is 16.9. The number of hydrogen-bond acceptors (Lipinski definition) is 5. The van der Waals surface area contributed by atoms with Crippen LogP contribution in [0.1, 0.15) is 5.69 Å². The summed E-state index contributed by atoms with van der Waals surface area (Å²) < 4.78 is 9.17. The molecular weight excluding hydrogens is 390 g/mol. The molecule has 2 heterocycles. The maximum Gasteiger partial charge on any atom is 0.209 e. The van der Waals surface area contributed by atoms with Crippen molar-refractivity contribution >= 4 is 11.4 Å². The van der Waals surface area contributed by atoms with E-state index in [-0.39, 0.29) is 11.1 Å². The summed E-state index contributed by atoms with van der Waals surface area (Å²) in [7, 11) is 1.60. The molecule has 0 aliphatic heterocycles. The number of benzene rings is 2. The molecule has 154 valence electrons. The van der Waals surface area contributed by atoms with Crippen molar-refractivity contribution in [3.05, 3.63) is 114 Å². The van der Waals surface area contributed by atoms with Crippen molar-refractivity contribution in [2.45, 2.75) is 0 Å². The third kappa shape index (κ3) is 4.30. The zero-order valence-electron chi connectivity index (χ0n) is 16.9. The molecule has 0 radical (unpaired) electrons. The van der Waals surface area contributed by atoms with Crippen LogP contribution in [0.15, 0.2) is 107 Å². The van der Waals surface area contributed by atoms with E-state index in [2.05, 4.69) is 10.1 Å². The van der Waals surface area contributed by atoms with Crippen LogP contribution in [0.25, 0.3) is 11.4 Å². The first-order valence-electron chi connectivity index (χ1n) is 9.64. The monoisotopic (exact) mass is 411 g/mol. The van der Waals surface area contributed by atoms with Crippen molar-refractivity contribution in [1.82, 2.24) is 14.3 Å². The summed E-state index contributed by atoms with van der Waals surface area (Å²) >= 11 is 0. The molecule has 2 N–H and O–H groups in total. The van der Waals surface area contributed by atoms with Crippen LogP contribution in [0.2, 0.25) is 0 Å². The summed E-state index contributed by atoms with van der Waals surface area (Å²) in [5.41, 5.74) is 8.24. The normalized spacial score (nSPS) is 11.7. The zero-order chi connectivity index (χ0) is 21.6.